The van der Waals surface area contributed by atoms with Gasteiger partial charge in [0.1, 0.15) is 0 Å². The van der Waals surface area contributed by atoms with Crippen molar-refractivity contribution < 1.29 is 10.2 Å². The summed E-state index contributed by atoms with van der Waals surface area (Å²) in [6.07, 6.45) is 1.93. The summed E-state index contributed by atoms with van der Waals surface area (Å²) >= 11 is 0. The summed E-state index contributed by atoms with van der Waals surface area (Å²) in [5.41, 5.74) is 0. The Hall–Kier alpha value is -2.10. The van der Waals surface area contributed by atoms with Gasteiger partial charge in [-0.2, -0.15) is 0 Å². The molecule has 0 aliphatic heterocycles. The first-order valence-corrected chi connectivity index (χ1v) is 4.19. The maximum absolute atomic E-state index is 8.88. The molecule has 0 spiro atoms. The van der Waals surface area contributed by atoms with E-state index in [1.807, 2.05) is 0 Å². The molecule has 0 rings (SSSR count). The van der Waals surface area contributed by atoms with E-state index in [2.05, 4.69) is 47.4 Å². The Morgan fingerprint density at radius 2 is 1.67 bits per heavy atom. The molecule has 2 heteroatoms. The Labute approximate surface area is 90.0 Å². The fraction of sp³-hybridized carbons (Fsp3) is 0.231. The minimum atomic E-state index is -0.869. The molecule has 0 bridgehead atoms. The summed E-state index contributed by atoms with van der Waals surface area (Å²) in [4.78, 5) is 0. The lowest BCUT2D eigenvalue weighted by Gasteiger charge is -1.94. The number of hydrogen-bond donors (Lipinski definition) is 2. The van der Waals surface area contributed by atoms with Crippen LogP contribution in [0.5, 0.6) is 0 Å². The molecule has 1 atom stereocenters. The summed E-state index contributed by atoms with van der Waals surface area (Å²) in [5, 5.41) is 17.3. The zero-order valence-electron chi connectivity index (χ0n) is 8.33. The van der Waals surface area contributed by atoms with Gasteiger partial charge in [0.25, 0.3) is 0 Å². The van der Waals surface area contributed by atoms with E-state index in [0.29, 0.717) is 0 Å². The first kappa shape index (κ1) is 12.9. The largest absolute Gasteiger partial charge is 0.393 e. The van der Waals surface area contributed by atoms with Crippen molar-refractivity contribution >= 4 is 0 Å². The minimum Gasteiger partial charge on any atom is -0.393 e. The molecular formula is C13H10O2. The second-order valence-electron chi connectivity index (χ2n) is 2.25. The lowest BCUT2D eigenvalue weighted by molar-refractivity contribution is 0.131. The number of allylic oxidation sites excluding steroid dienone is 1. The summed E-state index contributed by atoms with van der Waals surface area (Å²) < 4.78 is 0. The molecular weight excluding hydrogens is 188 g/mol. The van der Waals surface area contributed by atoms with Crippen LogP contribution in [0.4, 0.5) is 0 Å². The van der Waals surface area contributed by atoms with Crippen LogP contribution in [-0.2, 0) is 0 Å². The number of rotatable bonds is 2. The Kier molecular flexibility index (Phi) is 8.59. The highest BCUT2D eigenvalue weighted by Crippen LogP contribution is 1.81. The van der Waals surface area contributed by atoms with Crippen LogP contribution in [0.15, 0.2) is 12.2 Å². The standard InChI is InChI=1S/C13H10O2/c1-2-3-4-5-6-7-8-9-10-11-13(15)12-14/h10-11,13-15H,12H2,1H3/b11-10+. The molecule has 0 amide bonds. The molecule has 0 saturated carbocycles. The van der Waals surface area contributed by atoms with Crippen molar-refractivity contribution in [1.82, 2.24) is 0 Å². The molecule has 0 saturated heterocycles. The summed E-state index contributed by atoms with van der Waals surface area (Å²) in [5.74, 6) is 20.2. The molecule has 0 aromatic carbocycles. The molecule has 0 aromatic rings. The SMILES string of the molecule is CC#CC#CC#CC#C/C=C/C(O)CO. The molecule has 0 heterocycles. The lowest BCUT2D eigenvalue weighted by atomic mass is 10.3. The maximum Gasteiger partial charge on any atom is 0.0960 e. The highest BCUT2D eigenvalue weighted by molar-refractivity contribution is 5.40. The van der Waals surface area contributed by atoms with Gasteiger partial charge in [-0.25, -0.2) is 0 Å². The van der Waals surface area contributed by atoms with Crippen LogP contribution >= 0.6 is 0 Å². The van der Waals surface area contributed by atoms with Gasteiger partial charge in [-0.15, -0.1) is 0 Å². The molecule has 0 aliphatic carbocycles. The highest BCUT2D eigenvalue weighted by atomic mass is 16.3. The van der Waals surface area contributed by atoms with Gasteiger partial charge in [0.15, 0.2) is 0 Å². The third kappa shape index (κ3) is 9.82. The fourth-order valence-electron chi connectivity index (χ4n) is 0.485. The van der Waals surface area contributed by atoms with Gasteiger partial charge >= 0.3 is 0 Å². The van der Waals surface area contributed by atoms with Gasteiger partial charge in [-0.05, 0) is 54.6 Å². The third-order valence-electron chi connectivity index (χ3n) is 1.10. The van der Waals surface area contributed by atoms with Gasteiger partial charge in [-0.1, -0.05) is 11.8 Å². The van der Waals surface area contributed by atoms with E-state index in [4.69, 9.17) is 10.2 Å². The summed E-state index contributed by atoms with van der Waals surface area (Å²) in [7, 11) is 0. The Morgan fingerprint density at radius 3 is 2.27 bits per heavy atom. The second kappa shape index (κ2) is 9.98. The number of aliphatic hydroxyl groups excluding tert-OH is 2. The molecule has 2 N–H and O–H groups in total. The quantitative estimate of drug-likeness (QED) is 0.610. The van der Waals surface area contributed by atoms with Crippen molar-refractivity contribution in [3.63, 3.8) is 0 Å². The molecule has 0 aliphatic rings. The molecule has 2 nitrogen and oxygen atoms in total. The van der Waals surface area contributed by atoms with E-state index in [1.54, 1.807) is 6.92 Å². The molecule has 0 fully saturated rings. The van der Waals surface area contributed by atoms with Crippen molar-refractivity contribution in [2.45, 2.75) is 13.0 Å². The Morgan fingerprint density at radius 1 is 1.07 bits per heavy atom. The topological polar surface area (TPSA) is 40.5 Å². The van der Waals surface area contributed by atoms with Gasteiger partial charge in [0, 0.05) is 0 Å². The average molecular weight is 198 g/mol. The normalized spacial score (nSPS) is 9.27. The zero-order chi connectivity index (χ0) is 11.4. The van der Waals surface area contributed by atoms with Gasteiger partial charge in [0.05, 0.1) is 12.7 Å². The van der Waals surface area contributed by atoms with Crippen LogP contribution in [0.25, 0.3) is 0 Å². The smallest absolute Gasteiger partial charge is 0.0960 e. The van der Waals surface area contributed by atoms with Crippen molar-refractivity contribution in [2.24, 2.45) is 0 Å². The van der Waals surface area contributed by atoms with Crippen molar-refractivity contribution in [3.8, 4) is 47.4 Å². The summed E-state index contributed by atoms with van der Waals surface area (Å²) in [6.45, 7) is 1.38. The van der Waals surface area contributed by atoms with Crippen LogP contribution in [0.3, 0.4) is 0 Å². The van der Waals surface area contributed by atoms with E-state index in [-0.39, 0.29) is 6.61 Å². The number of aliphatic hydroxyl groups is 2. The lowest BCUT2D eigenvalue weighted by Crippen LogP contribution is -2.06. The summed E-state index contributed by atoms with van der Waals surface area (Å²) in [6, 6.07) is 0. The van der Waals surface area contributed by atoms with Crippen molar-refractivity contribution in [2.75, 3.05) is 6.61 Å². The van der Waals surface area contributed by atoms with E-state index < -0.39 is 6.10 Å². The highest BCUT2D eigenvalue weighted by Gasteiger charge is 1.90. The van der Waals surface area contributed by atoms with Crippen molar-refractivity contribution in [1.29, 1.82) is 0 Å². The maximum atomic E-state index is 8.88. The second-order valence-corrected chi connectivity index (χ2v) is 2.25. The van der Waals surface area contributed by atoms with Crippen LogP contribution in [-0.4, -0.2) is 22.9 Å². The molecule has 74 valence electrons. The van der Waals surface area contributed by atoms with Crippen LogP contribution < -0.4 is 0 Å². The Balaban J connectivity index is 4.05. The van der Waals surface area contributed by atoms with E-state index in [0.717, 1.165) is 0 Å². The molecule has 0 radical (unpaired) electrons. The predicted octanol–water partition coefficient (Wildman–Crippen LogP) is -0.0707. The minimum absolute atomic E-state index is 0.314. The van der Waals surface area contributed by atoms with E-state index in [1.165, 1.54) is 12.2 Å². The monoisotopic (exact) mass is 198 g/mol. The number of hydrogen-bond acceptors (Lipinski definition) is 2. The Bertz CT molecular complexity index is 442. The molecule has 15 heavy (non-hydrogen) atoms. The first-order chi connectivity index (χ1) is 7.31. The predicted molar refractivity (Wildman–Crippen MR) is 59.0 cm³/mol. The van der Waals surface area contributed by atoms with E-state index >= 15 is 0 Å². The van der Waals surface area contributed by atoms with Crippen molar-refractivity contribution in [3.05, 3.63) is 12.2 Å². The van der Waals surface area contributed by atoms with Crippen LogP contribution in [0, 0.1) is 47.4 Å². The van der Waals surface area contributed by atoms with E-state index in [9.17, 15) is 0 Å². The third-order valence-corrected chi connectivity index (χ3v) is 1.10. The molecule has 1 unspecified atom stereocenters. The van der Waals surface area contributed by atoms with Crippen LogP contribution in [0.2, 0.25) is 0 Å². The first-order valence-electron chi connectivity index (χ1n) is 4.19. The van der Waals surface area contributed by atoms with Gasteiger partial charge < -0.3 is 10.2 Å². The average Bonchev–Trinajstić information content (AvgIpc) is 2.26. The van der Waals surface area contributed by atoms with Crippen LogP contribution in [0.1, 0.15) is 6.92 Å². The van der Waals surface area contributed by atoms with Gasteiger partial charge in [-0.3, -0.25) is 0 Å². The fourth-order valence-corrected chi connectivity index (χ4v) is 0.485. The molecule has 0 aromatic heterocycles. The zero-order valence-corrected chi connectivity index (χ0v) is 8.33. The van der Waals surface area contributed by atoms with Gasteiger partial charge in [0.2, 0.25) is 0 Å².